The first-order chi connectivity index (χ1) is 6.13. The van der Waals surface area contributed by atoms with Crippen molar-refractivity contribution in [3.05, 3.63) is 29.6 Å². The topological polar surface area (TPSA) is 69.6 Å². The minimum absolute atomic E-state index is 0.121. The number of aliphatic hydroxyl groups excluding tert-OH is 1. The monoisotopic (exact) mass is 185 g/mol. The van der Waals surface area contributed by atoms with Crippen molar-refractivity contribution in [3.8, 4) is 0 Å². The Hall–Kier alpha value is -1.62. The van der Waals surface area contributed by atoms with Crippen molar-refractivity contribution < 1.29 is 19.4 Å². The van der Waals surface area contributed by atoms with E-state index in [0.29, 0.717) is 5.56 Å². The predicted octanol–water partition coefficient (Wildman–Crippen LogP) is 1.41. The van der Waals surface area contributed by atoms with E-state index in [1.807, 2.05) is 5.32 Å². The fourth-order valence-corrected chi connectivity index (χ4v) is 0.874. The first-order valence-electron chi connectivity index (χ1n) is 3.52. The number of benzene rings is 1. The van der Waals surface area contributed by atoms with Gasteiger partial charge in [0, 0.05) is 0 Å². The van der Waals surface area contributed by atoms with Gasteiger partial charge in [0.2, 0.25) is 0 Å². The Morgan fingerprint density at radius 3 is 2.69 bits per heavy atom. The summed E-state index contributed by atoms with van der Waals surface area (Å²) in [5.41, 5.74) is 0.276. The molecule has 0 saturated heterocycles. The molecule has 0 aliphatic carbocycles. The molecule has 1 rings (SSSR count). The molecule has 0 unspecified atom stereocenters. The third-order valence-electron chi connectivity index (χ3n) is 1.46. The lowest BCUT2D eigenvalue weighted by Crippen LogP contribution is -2.08. The first-order valence-corrected chi connectivity index (χ1v) is 3.52. The molecule has 4 nitrogen and oxygen atoms in total. The van der Waals surface area contributed by atoms with Crippen molar-refractivity contribution >= 4 is 11.8 Å². The van der Waals surface area contributed by atoms with Crippen LogP contribution >= 0.6 is 0 Å². The smallest absolute Gasteiger partial charge is 0.409 e. The third kappa shape index (κ3) is 2.41. The van der Waals surface area contributed by atoms with Crippen molar-refractivity contribution in [2.24, 2.45) is 0 Å². The molecule has 13 heavy (non-hydrogen) atoms. The van der Waals surface area contributed by atoms with Crippen LogP contribution in [0.3, 0.4) is 0 Å². The van der Waals surface area contributed by atoms with Crippen LogP contribution in [0.2, 0.25) is 0 Å². The molecule has 1 aromatic rings. The van der Waals surface area contributed by atoms with Gasteiger partial charge in [-0.1, -0.05) is 6.07 Å². The number of rotatable bonds is 2. The average molecular weight is 185 g/mol. The Kier molecular flexibility index (Phi) is 2.81. The fraction of sp³-hybridized carbons (Fsp3) is 0.125. The molecule has 0 radical (unpaired) electrons. The van der Waals surface area contributed by atoms with Gasteiger partial charge in [0.05, 0.1) is 12.3 Å². The predicted molar refractivity (Wildman–Crippen MR) is 44.0 cm³/mol. The summed E-state index contributed by atoms with van der Waals surface area (Å²) in [5.74, 6) is -0.700. The van der Waals surface area contributed by atoms with Gasteiger partial charge in [-0.15, -0.1) is 0 Å². The van der Waals surface area contributed by atoms with Crippen LogP contribution in [-0.2, 0) is 6.61 Å². The zero-order chi connectivity index (χ0) is 9.84. The van der Waals surface area contributed by atoms with Crippen molar-refractivity contribution in [1.82, 2.24) is 0 Å². The van der Waals surface area contributed by atoms with Gasteiger partial charge in [0.25, 0.3) is 0 Å². The van der Waals surface area contributed by atoms with E-state index in [0.717, 1.165) is 6.07 Å². The van der Waals surface area contributed by atoms with Crippen LogP contribution in [0.25, 0.3) is 0 Å². The molecule has 0 aliphatic heterocycles. The summed E-state index contributed by atoms with van der Waals surface area (Å²) in [6.07, 6.45) is -1.32. The molecule has 0 heterocycles. The molecule has 1 aromatic carbocycles. The Balaban J connectivity index is 2.91. The zero-order valence-electron chi connectivity index (χ0n) is 6.62. The normalized spacial score (nSPS) is 9.69. The Labute approximate surface area is 73.6 Å². The molecule has 3 N–H and O–H groups in total. The lowest BCUT2D eigenvalue weighted by molar-refractivity contribution is 0.209. The number of hydrogen-bond donors (Lipinski definition) is 3. The van der Waals surface area contributed by atoms with Gasteiger partial charge in [-0.05, 0) is 17.7 Å². The van der Waals surface area contributed by atoms with Crippen LogP contribution in [0.5, 0.6) is 0 Å². The molecule has 0 spiro atoms. The van der Waals surface area contributed by atoms with Crippen LogP contribution in [0.4, 0.5) is 14.9 Å². The minimum atomic E-state index is -1.32. The lowest BCUT2D eigenvalue weighted by Gasteiger charge is -2.03. The standard InChI is InChI=1S/C8H8FNO3/c9-6-3-5(4-11)1-2-7(6)10-8(12)13/h1-3,10-11H,4H2,(H,12,13). The Morgan fingerprint density at radius 2 is 2.23 bits per heavy atom. The number of hydrogen-bond acceptors (Lipinski definition) is 2. The van der Waals surface area contributed by atoms with Gasteiger partial charge in [-0.25, -0.2) is 9.18 Å². The highest BCUT2D eigenvalue weighted by Gasteiger charge is 2.05. The second-order valence-electron chi connectivity index (χ2n) is 2.40. The van der Waals surface area contributed by atoms with Crippen molar-refractivity contribution in [2.45, 2.75) is 6.61 Å². The number of carboxylic acid groups (broad SMARTS) is 1. The Bertz CT molecular complexity index is 327. The summed E-state index contributed by atoms with van der Waals surface area (Å²) in [6.45, 7) is -0.274. The number of anilines is 1. The summed E-state index contributed by atoms with van der Waals surface area (Å²) < 4.78 is 13.0. The van der Waals surface area contributed by atoms with Crippen molar-refractivity contribution in [3.63, 3.8) is 0 Å². The third-order valence-corrected chi connectivity index (χ3v) is 1.46. The van der Waals surface area contributed by atoms with E-state index >= 15 is 0 Å². The number of halogens is 1. The van der Waals surface area contributed by atoms with Gasteiger partial charge in [0.1, 0.15) is 5.82 Å². The summed E-state index contributed by atoms with van der Waals surface area (Å²) >= 11 is 0. The van der Waals surface area contributed by atoms with E-state index < -0.39 is 11.9 Å². The van der Waals surface area contributed by atoms with Crippen molar-refractivity contribution in [2.75, 3.05) is 5.32 Å². The number of carbonyl (C=O) groups is 1. The van der Waals surface area contributed by atoms with Gasteiger partial charge in [-0.3, -0.25) is 5.32 Å². The highest BCUT2D eigenvalue weighted by Crippen LogP contribution is 2.15. The van der Waals surface area contributed by atoms with Crippen LogP contribution in [-0.4, -0.2) is 16.3 Å². The summed E-state index contributed by atoms with van der Waals surface area (Å²) in [5, 5.41) is 18.8. The fourth-order valence-electron chi connectivity index (χ4n) is 0.874. The lowest BCUT2D eigenvalue weighted by atomic mass is 10.2. The number of nitrogens with one attached hydrogen (secondary N) is 1. The number of aliphatic hydroxyl groups is 1. The van der Waals surface area contributed by atoms with Gasteiger partial charge >= 0.3 is 6.09 Å². The van der Waals surface area contributed by atoms with Crippen LogP contribution < -0.4 is 5.32 Å². The molecule has 0 atom stereocenters. The minimum Gasteiger partial charge on any atom is -0.465 e. The SMILES string of the molecule is O=C(O)Nc1ccc(CO)cc1F. The number of amides is 1. The van der Waals surface area contributed by atoms with E-state index in [-0.39, 0.29) is 12.3 Å². The molecular formula is C8H8FNO3. The maximum atomic E-state index is 13.0. The van der Waals surface area contributed by atoms with E-state index in [4.69, 9.17) is 10.2 Å². The quantitative estimate of drug-likeness (QED) is 0.652. The summed E-state index contributed by atoms with van der Waals surface area (Å²) in [6, 6.07) is 3.77. The molecule has 5 heteroatoms. The average Bonchev–Trinajstić information content (AvgIpc) is 2.08. The molecule has 70 valence electrons. The second kappa shape index (κ2) is 3.86. The highest BCUT2D eigenvalue weighted by atomic mass is 19.1. The van der Waals surface area contributed by atoms with Gasteiger partial charge in [0.15, 0.2) is 0 Å². The van der Waals surface area contributed by atoms with E-state index in [1.54, 1.807) is 0 Å². The maximum Gasteiger partial charge on any atom is 0.409 e. The van der Waals surface area contributed by atoms with Crippen molar-refractivity contribution in [1.29, 1.82) is 0 Å². The first kappa shape index (κ1) is 9.47. The largest absolute Gasteiger partial charge is 0.465 e. The molecule has 0 fully saturated rings. The van der Waals surface area contributed by atoms with E-state index in [9.17, 15) is 9.18 Å². The Morgan fingerprint density at radius 1 is 1.54 bits per heavy atom. The molecule has 0 aliphatic rings. The summed E-state index contributed by atoms with van der Waals surface area (Å²) in [7, 11) is 0. The molecule has 1 amide bonds. The molecule has 0 aromatic heterocycles. The van der Waals surface area contributed by atoms with E-state index in [1.165, 1.54) is 12.1 Å². The molecule has 0 saturated carbocycles. The molecule has 0 bridgehead atoms. The maximum absolute atomic E-state index is 13.0. The molecular weight excluding hydrogens is 177 g/mol. The van der Waals surface area contributed by atoms with Crippen LogP contribution in [0.1, 0.15) is 5.56 Å². The highest BCUT2D eigenvalue weighted by molar-refractivity contribution is 5.82. The van der Waals surface area contributed by atoms with Crippen LogP contribution in [0, 0.1) is 5.82 Å². The second-order valence-corrected chi connectivity index (χ2v) is 2.40. The van der Waals surface area contributed by atoms with E-state index in [2.05, 4.69) is 0 Å². The van der Waals surface area contributed by atoms with Gasteiger partial charge < -0.3 is 10.2 Å². The summed E-state index contributed by atoms with van der Waals surface area (Å²) in [4.78, 5) is 10.1. The zero-order valence-corrected chi connectivity index (χ0v) is 6.62. The van der Waals surface area contributed by atoms with Gasteiger partial charge in [-0.2, -0.15) is 0 Å². The van der Waals surface area contributed by atoms with Crippen LogP contribution in [0.15, 0.2) is 18.2 Å².